The van der Waals surface area contributed by atoms with Crippen molar-refractivity contribution < 1.29 is 13.2 Å². The van der Waals surface area contributed by atoms with Crippen molar-refractivity contribution in [3.05, 3.63) is 0 Å². The van der Waals surface area contributed by atoms with Crippen molar-refractivity contribution in [2.75, 3.05) is 0 Å². The van der Waals surface area contributed by atoms with Gasteiger partial charge in [0.1, 0.15) is 3.92 Å². The molecule has 4 heteroatoms. The first-order chi connectivity index (χ1) is 2.94. The molecule has 0 rings (SSSR count). The maximum atomic E-state index is 11.2. The van der Waals surface area contributed by atoms with Crippen LogP contribution in [0.2, 0.25) is 0 Å². The number of hydrogen-bond donors (Lipinski definition) is 0. The van der Waals surface area contributed by atoms with Crippen LogP contribution in [0.25, 0.3) is 0 Å². The molecule has 0 aromatic carbocycles. The largest absolute Gasteiger partial charge is 0.400 e. The summed E-state index contributed by atoms with van der Waals surface area (Å²) in [5.41, 5.74) is 0. The van der Waals surface area contributed by atoms with Crippen molar-refractivity contribution in [3.63, 3.8) is 0 Å². The predicted octanol–water partition coefficient (Wildman–Crippen LogP) is 2.37. The van der Waals surface area contributed by atoms with E-state index in [9.17, 15) is 13.2 Å². The first-order valence-electron chi connectivity index (χ1n) is 1.65. The van der Waals surface area contributed by atoms with Crippen LogP contribution in [0.3, 0.4) is 0 Å². The van der Waals surface area contributed by atoms with Crippen LogP contribution in [0.5, 0.6) is 0 Å². The first kappa shape index (κ1) is 7.52. The molecule has 0 bridgehead atoms. The van der Waals surface area contributed by atoms with E-state index >= 15 is 0 Å². The summed E-state index contributed by atoms with van der Waals surface area (Å²) in [4.78, 5) is 0. The summed E-state index contributed by atoms with van der Waals surface area (Å²) in [7, 11) is 0. The molecule has 0 aliphatic heterocycles. The van der Waals surface area contributed by atoms with Gasteiger partial charge in [-0.05, 0) is 6.92 Å². The molecule has 0 heterocycles. The SMILES string of the molecule is C[C@H](I)C(F)(F)F. The fraction of sp³-hybridized carbons (Fsp3) is 1.00. The Morgan fingerprint density at radius 3 is 1.57 bits per heavy atom. The Labute approximate surface area is 53.2 Å². The molecular formula is C3H4F3I. The van der Waals surface area contributed by atoms with Crippen LogP contribution in [0.15, 0.2) is 0 Å². The average molecular weight is 224 g/mol. The van der Waals surface area contributed by atoms with Gasteiger partial charge in [0.25, 0.3) is 0 Å². The third kappa shape index (κ3) is 3.13. The van der Waals surface area contributed by atoms with E-state index in [0.29, 0.717) is 0 Å². The number of rotatable bonds is 0. The van der Waals surface area contributed by atoms with Gasteiger partial charge in [-0.2, -0.15) is 13.2 Å². The predicted molar refractivity (Wildman–Crippen MR) is 29.5 cm³/mol. The number of alkyl halides is 4. The molecule has 1 atom stereocenters. The van der Waals surface area contributed by atoms with Gasteiger partial charge in [-0.15, -0.1) is 0 Å². The van der Waals surface area contributed by atoms with Crippen LogP contribution in [-0.4, -0.2) is 10.1 Å². The lowest BCUT2D eigenvalue weighted by molar-refractivity contribution is -0.121. The van der Waals surface area contributed by atoms with Gasteiger partial charge in [-0.25, -0.2) is 0 Å². The van der Waals surface area contributed by atoms with Gasteiger partial charge >= 0.3 is 6.18 Å². The van der Waals surface area contributed by atoms with Gasteiger partial charge in [-0.1, -0.05) is 22.6 Å². The molecule has 0 aromatic heterocycles. The zero-order chi connectivity index (χ0) is 6.08. The molecule has 0 saturated heterocycles. The Bertz CT molecular complexity index is 55.7. The van der Waals surface area contributed by atoms with Gasteiger partial charge < -0.3 is 0 Å². The minimum absolute atomic E-state index is 1.11. The van der Waals surface area contributed by atoms with Gasteiger partial charge in [0, 0.05) is 0 Å². The van der Waals surface area contributed by atoms with Gasteiger partial charge in [0.05, 0.1) is 0 Å². The highest BCUT2D eigenvalue weighted by atomic mass is 127. The number of halogens is 4. The fourth-order valence-electron chi connectivity index (χ4n) is 0. The van der Waals surface area contributed by atoms with E-state index in [-0.39, 0.29) is 0 Å². The Kier molecular flexibility index (Phi) is 2.35. The molecule has 0 aromatic rings. The standard InChI is InChI=1S/C3H4F3I/c1-2(7)3(4,5)6/h2H,1H3/t2-/m0/s1. The minimum atomic E-state index is -4.01. The first-order valence-corrected chi connectivity index (χ1v) is 2.90. The topological polar surface area (TPSA) is 0 Å². The zero-order valence-corrected chi connectivity index (χ0v) is 5.75. The molecule has 0 spiro atoms. The van der Waals surface area contributed by atoms with Crippen LogP contribution in [0, 0.1) is 0 Å². The molecule has 7 heavy (non-hydrogen) atoms. The van der Waals surface area contributed by atoms with Crippen molar-refractivity contribution in [3.8, 4) is 0 Å². The Balaban J connectivity index is 3.54. The molecule has 0 amide bonds. The maximum Gasteiger partial charge on any atom is 0.400 e. The lowest BCUT2D eigenvalue weighted by Gasteiger charge is -2.05. The second kappa shape index (κ2) is 2.19. The van der Waals surface area contributed by atoms with E-state index in [1.54, 1.807) is 0 Å². The van der Waals surface area contributed by atoms with Crippen LogP contribution >= 0.6 is 22.6 Å². The van der Waals surface area contributed by atoms with Crippen LogP contribution in [0.4, 0.5) is 13.2 Å². The molecule has 0 aliphatic carbocycles. The monoisotopic (exact) mass is 224 g/mol. The van der Waals surface area contributed by atoms with E-state index in [0.717, 1.165) is 6.92 Å². The molecule has 0 aliphatic rings. The summed E-state index contributed by atoms with van der Waals surface area (Å²) in [6.45, 7) is 1.11. The summed E-state index contributed by atoms with van der Waals surface area (Å²) >= 11 is 1.32. The summed E-state index contributed by atoms with van der Waals surface area (Å²) in [6.07, 6.45) is -4.01. The molecule has 0 fully saturated rings. The lowest BCUT2D eigenvalue weighted by atomic mass is 10.5. The molecule has 44 valence electrons. The van der Waals surface area contributed by atoms with Gasteiger partial charge in [-0.3, -0.25) is 0 Å². The Hall–Kier alpha value is 0.520. The van der Waals surface area contributed by atoms with E-state index < -0.39 is 10.1 Å². The fourth-order valence-corrected chi connectivity index (χ4v) is 0. The molecule has 0 saturated carbocycles. The van der Waals surface area contributed by atoms with Crippen molar-refractivity contribution in [2.24, 2.45) is 0 Å². The highest BCUT2D eigenvalue weighted by Gasteiger charge is 2.33. The summed E-state index contributed by atoms with van der Waals surface area (Å²) < 4.78 is 32.3. The van der Waals surface area contributed by atoms with Crippen LogP contribution < -0.4 is 0 Å². The molecule has 0 nitrogen and oxygen atoms in total. The van der Waals surface area contributed by atoms with E-state index in [1.165, 1.54) is 22.6 Å². The third-order valence-electron chi connectivity index (χ3n) is 0.451. The summed E-state index contributed by atoms with van der Waals surface area (Å²) in [5, 5.41) is 0. The molecule has 0 radical (unpaired) electrons. The minimum Gasteiger partial charge on any atom is -0.170 e. The second-order valence-electron chi connectivity index (χ2n) is 1.16. The summed E-state index contributed by atoms with van der Waals surface area (Å²) in [6, 6.07) is 0. The second-order valence-corrected chi connectivity index (χ2v) is 3.03. The van der Waals surface area contributed by atoms with Crippen molar-refractivity contribution in [1.29, 1.82) is 0 Å². The highest BCUT2D eigenvalue weighted by molar-refractivity contribution is 14.1. The average Bonchev–Trinajstić information content (AvgIpc) is 1.31. The molecule has 0 N–H and O–H groups in total. The van der Waals surface area contributed by atoms with Crippen LogP contribution in [0.1, 0.15) is 6.92 Å². The maximum absolute atomic E-state index is 11.2. The smallest absolute Gasteiger partial charge is 0.170 e. The lowest BCUT2D eigenvalue weighted by Crippen LogP contribution is -2.18. The molecule has 0 unspecified atom stereocenters. The normalized spacial score (nSPS) is 16.7. The molecular weight excluding hydrogens is 220 g/mol. The van der Waals surface area contributed by atoms with Crippen molar-refractivity contribution >= 4 is 22.6 Å². The summed E-state index contributed by atoms with van der Waals surface area (Å²) in [5.74, 6) is 0. The highest BCUT2D eigenvalue weighted by Crippen LogP contribution is 2.25. The number of hydrogen-bond acceptors (Lipinski definition) is 0. The van der Waals surface area contributed by atoms with Crippen LogP contribution in [-0.2, 0) is 0 Å². The Morgan fingerprint density at radius 2 is 1.57 bits per heavy atom. The van der Waals surface area contributed by atoms with Crippen molar-refractivity contribution in [1.82, 2.24) is 0 Å². The van der Waals surface area contributed by atoms with Gasteiger partial charge in [0.15, 0.2) is 0 Å². The van der Waals surface area contributed by atoms with E-state index in [1.807, 2.05) is 0 Å². The third-order valence-corrected chi connectivity index (χ3v) is 1.16. The van der Waals surface area contributed by atoms with Gasteiger partial charge in [0.2, 0.25) is 0 Å². The van der Waals surface area contributed by atoms with Crippen molar-refractivity contribution in [2.45, 2.75) is 17.0 Å². The Morgan fingerprint density at radius 1 is 1.43 bits per heavy atom. The van der Waals surface area contributed by atoms with E-state index in [2.05, 4.69) is 0 Å². The van der Waals surface area contributed by atoms with E-state index in [4.69, 9.17) is 0 Å². The zero-order valence-electron chi connectivity index (χ0n) is 3.59. The quantitative estimate of drug-likeness (QED) is 0.437.